The number of carbonyl (C=O) groups excluding carboxylic acids is 1. The van der Waals surface area contributed by atoms with Gasteiger partial charge in [-0.2, -0.15) is 5.10 Å². The minimum atomic E-state index is -0.479. The van der Waals surface area contributed by atoms with Gasteiger partial charge in [-0.05, 0) is 55.3 Å². The number of benzene rings is 3. The predicted molar refractivity (Wildman–Crippen MR) is 139 cm³/mol. The first-order chi connectivity index (χ1) is 17.2. The number of hydrogen-bond donors (Lipinski definition) is 1. The van der Waals surface area contributed by atoms with Gasteiger partial charge in [0.05, 0.1) is 11.5 Å². The van der Waals surface area contributed by atoms with Crippen LogP contribution in [-0.4, -0.2) is 20.6 Å². The van der Waals surface area contributed by atoms with Gasteiger partial charge in [0.25, 0.3) is 5.91 Å². The van der Waals surface area contributed by atoms with Gasteiger partial charge in [-0.3, -0.25) is 19.6 Å². The summed E-state index contributed by atoms with van der Waals surface area (Å²) in [4.78, 5) is 23.7. The standard InChI is InChI=1S/C26H22Cl2N4O4/c1-16-9-10-24(23(11-16)32(34)35)36-15-18-5-3-6-19(13-18)26(33)29-25-12-17(2)31(30-25)14-20-21(27)7-4-8-22(20)28/h3-13H,14-15H2,1-2H3,(H,29,30,33). The van der Waals surface area contributed by atoms with E-state index in [1.165, 1.54) is 6.07 Å². The lowest BCUT2D eigenvalue weighted by Crippen LogP contribution is -2.13. The molecule has 0 radical (unpaired) electrons. The van der Waals surface area contributed by atoms with E-state index in [1.807, 2.05) is 6.92 Å². The third-order valence-electron chi connectivity index (χ3n) is 5.49. The van der Waals surface area contributed by atoms with Crippen molar-refractivity contribution < 1.29 is 14.5 Å². The maximum Gasteiger partial charge on any atom is 0.311 e. The number of aryl methyl sites for hydroxylation is 2. The molecule has 0 aliphatic carbocycles. The summed E-state index contributed by atoms with van der Waals surface area (Å²) in [6.45, 7) is 4.07. The minimum Gasteiger partial charge on any atom is -0.482 e. The van der Waals surface area contributed by atoms with Crippen LogP contribution in [0.4, 0.5) is 11.5 Å². The zero-order valence-electron chi connectivity index (χ0n) is 19.5. The summed E-state index contributed by atoms with van der Waals surface area (Å²) in [6.07, 6.45) is 0. The highest BCUT2D eigenvalue weighted by atomic mass is 35.5. The van der Waals surface area contributed by atoms with Crippen molar-refractivity contribution in [1.29, 1.82) is 0 Å². The van der Waals surface area contributed by atoms with Gasteiger partial charge in [-0.15, -0.1) is 0 Å². The fourth-order valence-corrected chi connectivity index (χ4v) is 4.13. The van der Waals surface area contributed by atoms with Crippen molar-refractivity contribution in [3.8, 4) is 5.75 Å². The first-order valence-electron chi connectivity index (χ1n) is 11.0. The topological polar surface area (TPSA) is 99.3 Å². The second-order valence-corrected chi connectivity index (χ2v) is 9.01. The highest BCUT2D eigenvalue weighted by Crippen LogP contribution is 2.29. The van der Waals surface area contributed by atoms with Crippen LogP contribution in [0.2, 0.25) is 10.0 Å². The molecule has 0 bridgehead atoms. The summed E-state index contributed by atoms with van der Waals surface area (Å²) in [6, 6.07) is 18.7. The molecule has 3 aromatic carbocycles. The number of aromatic nitrogens is 2. The molecule has 0 unspecified atom stereocenters. The molecule has 1 N–H and O–H groups in total. The van der Waals surface area contributed by atoms with E-state index in [4.69, 9.17) is 27.9 Å². The van der Waals surface area contributed by atoms with Gasteiger partial charge in [-0.1, -0.05) is 47.5 Å². The van der Waals surface area contributed by atoms with E-state index in [9.17, 15) is 14.9 Å². The molecule has 0 spiro atoms. The van der Waals surface area contributed by atoms with Crippen molar-refractivity contribution >= 4 is 40.6 Å². The highest BCUT2D eigenvalue weighted by molar-refractivity contribution is 6.36. The van der Waals surface area contributed by atoms with Gasteiger partial charge < -0.3 is 10.1 Å². The molecule has 1 amide bonds. The van der Waals surface area contributed by atoms with Crippen molar-refractivity contribution in [3.05, 3.63) is 115 Å². The first-order valence-corrected chi connectivity index (χ1v) is 11.7. The molecule has 10 heteroatoms. The normalized spacial score (nSPS) is 10.8. The van der Waals surface area contributed by atoms with Crippen LogP contribution in [0.1, 0.15) is 32.7 Å². The molecule has 1 heterocycles. The Morgan fingerprint density at radius 1 is 1.06 bits per heavy atom. The molecule has 0 aliphatic heterocycles. The van der Waals surface area contributed by atoms with Gasteiger partial charge in [0, 0.05) is 39.0 Å². The number of halogens is 2. The number of carbonyl (C=O) groups is 1. The van der Waals surface area contributed by atoms with Crippen LogP contribution in [0, 0.1) is 24.0 Å². The van der Waals surface area contributed by atoms with Crippen molar-refractivity contribution in [3.63, 3.8) is 0 Å². The van der Waals surface area contributed by atoms with Crippen LogP contribution in [0.15, 0.2) is 66.7 Å². The number of nitrogens with one attached hydrogen (secondary N) is 1. The number of nitro groups is 1. The van der Waals surface area contributed by atoms with Crippen molar-refractivity contribution in [1.82, 2.24) is 9.78 Å². The maximum absolute atomic E-state index is 12.9. The van der Waals surface area contributed by atoms with Crippen LogP contribution in [-0.2, 0) is 13.2 Å². The lowest BCUT2D eigenvalue weighted by Gasteiger charge is -2.09. The molecular formula is C26H22Cl2N4O4. The van der Waals surface area contributed by atoms with Crippen molar-refractivity contribution in [2.45, 2.75) is 27.0 Å². The van der Waals surface area contributed by atoms with Gasteiger partial charge in [0.2, 0.25) is 0 Å². The van der Waals surface area contributed by atoms with E-state index in [0.717, 1.165) is 16.8 Å². The molecule has 4 rings (SSSR count). The number of ether oxygens (including phenoxy) is 1. The largest absolute Gasteiger partial charge is 0.482 e. The lowest BCUT2D eigenvalue weighted by molar-refractivity contribution is -0.386. The summed E-state index contributed by atoms with van der Waals surface area (Å²) in [5.74, 6) is 0.205. The van der Waals surface area contributed by atoms with E-state index < -0.39 is 4.92 Å². The Hall–Kier alpha value is -3.88. The Balaban J connectivity index is 1.45. The Morgan fingerprint density at radius 3 is 2.50 bits per heavy atom. The Bertz CT molecular complexity index is 1430. The summed E-state index contributed by atoms with van der Waals surface area (Å²) in [7, 11) is 0. The molecule has 1 aromatic heterocycles. The molecule has 0 fully saturated rings. The van der Waals surface area contributed by atoms with Gasteiger partial charge in [-0.25, -0.2) is 0 Å². The first kappa shape index (κ1) is 25.2. The minimum absolute atomic E-state index is 0.0668. The SMILES string of the molecule is Cc1ccc(OCc2cccc(C(=O)Nc3cc(C)n(Cc4c(Cl)cccc4Cl)n3)c2)c([N+](=O)[O-])c1. The van der Waals surface area contributed by atoms with Gasteiger partial charge >= 0.3 is 5.69 Å². The molecule has 4 aromatic rings. The number of nitro benzene ring substituents is 1. The highest BCUT2D eigenvalue weighted by Gasteiger charge is 2.16. The van der Waals surface area contributed by atoms with Crippen LogP contribution in [0.3, 0.4) is 0 Å². The number of amides is 1. The van der Waals surface area contributed by atoms with E-state index in [-0.39, 0.29) is 24.0 Å². The van der Waals surface area contributed by atoms with E-state index in [0.29, 0.717) is 33.5 Å². The molecule has 0 saturated carbocycles. The molecule has 0 aliphatic rings. The zero-order chi connectivity index (χ0) is 25.8. The fraction of sp³-hybridized carbons (Fsp3) is 0.154. The van der Waals surface area contributed by atoms with Crippen LogP contribution >= 0.6 is 23.2 Å². The Labute approximate surface area is 217 Å². The second kappa shape index (κ2) is 10.8. The van der Waals surface area contributed by atoms with Crippen molar-refractivity contribution in [2.75, 3.05) is 5.32 Å². The molecule has 8 nitrogen and oxygen atoms in total. The van der Waals surface area contributed by atoms with Crippen LogP contribution in [0.5, 0.6) is 5.75 Å². The summed E-state index contributed by atoms with van der Waals surface area (Å²) >= 11 is 12.5. The van der Waals surface area contributed by atoms with E-state index in [2.05, 4.69) is 10.4 Å². The van der Waals surface area contributed by atoms with Crippen LogP contribution < -0.4 is 10.1 Å². The molecular weight excluding hydrogens is 503 g/mol. The van der Waals surface area contributed by atoms with E-state index >= 15 is 0 Å². The van der Waals surface area contributed by atoms with E-state index in [1.54, 1.807) is 72.3 Å². The lowest BCUT2D eigenvalue weighted by atomic mass is 10.1. The maximum atomic E-state index is 12.9. The third-order valence-corrected chi connectivity index (χ3v) is 6.20. The number of nitrogens with zero attached hydrogens (tertiary/aromatic N) is 3. The van der Waals surface area contributed by atoms with Crippen LogP contribution in [0.25, 0.3) is 0 Å². The summed E-state index contributed by atoms with van der Waals surface area (Å²) < 4.78 is 7.39. The number of rotatable bonds is 8. The molecule has 36 heavy (non-hydrogen) atoms. The van der Waals surface area contributed by atoms with Gasteiger partial charge in [0.1, 0.15) is 6.61 Å². The second-order valence-electron chi connectivity index (χ2n) is 8.20. The zero-order valence-corrected chi connectivity index (χ0v) is 21.0. The average Bonchev–Trinajstić information content (AvgIpc) is 3.19. The Kier molecular flexibility index (Phi) is 7.57. The molecule has 184 valence electrons. The predicted octanol–water partition coefficient (Wildman–Crippen LogP) is 6.59. The number of hydrogen-bond acceptors (Lipinski definition) is 5. The fourth-order valence-electron chi connectivity index (χ4n) is 3.61. The third kappa shape index (κ3) is 5.84. The number of anilines is 1. The molecule has 0 atom stereocenters. The smallest absolute Gasteiger partial charge is 0.311 e. The molecule has 0 saturated heterocycles. The monoisotopic (exact) mass is 524 g/mol. The van der Waals surface area contributed by atoms with Crippen molar-refractivity contribution in [2.24, 2.45) is 0 Å². The Morgan fingerprint density at radius 2 is 1.78 bits per heavy atom. The van der Waals surface area contributed by atoms with Gasteiger partial charge in [0.15, 0.2) is 11.6 Å². The average molecular weight is 525 g/mol. The quantitative estimate of drug-likeness (QED) is 0.207. The summed E-state index contributed by atoms with van der Waals surface area (Å²) in [5.41, 5.74) is 3.31. The summed E-state index contributed by atoms with van der Waals surface area (Å²) in [5, 5.41) is 19.7.